The molecule has 0 rings (SSSR count). The van der Waals surface area contributed by atoms with E-state index in [0.29, 0.717) is 6.54 Å². The van der Waals surface area contributed by atoms with E-state index < -0.39 is 5.41 Å². The minimum absolute atomic E-state index is 0.106. The van der Waals surface area contributed by atoms with Crippen LogP contribution in [0.5, 0.6) is 0 Å². The van der Waals surface area contributed by atoms with Crippen LogP contribution in [-0.4, -0.2) is 39.1 Å². The van der Waals surface area contributed by atoms with Gasteiger partial charge in [-0.15, -0.1) is 0 Å². The molecule has 0 aliphatic rings. The molecular weight excluding hydrogens is 184 g/mol. The number of carbonyl (C=O) groups is 2. The lowest BCUT2D eigenvalue weighted by Crippen LogP contribution is -2.40. The van der Waals surface area contributed by atoms with Gasteiger partial charge in [-0.3, -0.25) is 9.59 Å². The predicted molar refractivity (Wildman–Crippen MR) is 52.7 cm³/mol. The summed E-state index contributed by atoms with van der Waals surface area (Å²) in [6, 6.07) is 0. The molecule has 0 spiro atoms. The van der Waals surface area contributed by atoms with Gasteiger partial charge in [-0.1, -0.05) is 0 Å². The van der Waals surface area contributed by atoms with Gasteiger partial charge in [-0.05, 0) is 13.8 Å². The number of methoxy groups -OCH3 is 1. The summed E-state index contributed by atoms with van der Waals surface area (Å²) in [5.74, 6) is -0.396. The van der Waals surface area contributed by atoms with Gasteiger partial charge < -0.3 is 15.4 Å². The van der Waals surface area contributed by atoms with Crippen LogP contribution in [-0.2, 0) is 14.3 Å². The van der Waals surface area contributed by atoms with Gasteiger partial charge >= 0.3 is 5.97 Å². The second-order valence-electron chi connectivity index (χ2n) is 3.65. The fourth-order valence-corrected chi connectivity index (χ4v) is 0.925. The van der Waals surface area contributed by atoms with Crippen LogP contribution in [0, 0.1) is 5.41 Å². The summed E-state index contributed by atoms with van der Waals surface area (Å²) in [7, 11) is 2.91. The zero-order valence-corrected chi connectivity index (χ0v) is 9.14. The van der Waals surface area contributed by atoms with Crippen LogP contribution >= 0.6 is 0 Å². The minimum Gasteiger partial charge on any atom is -0.469 e. The van der Waals surface area contributed by atoms with Gasteiger partial charge in [0, 0.05) is 13.6 Å². The van der Waals surface area contributed by atoms with E-state index in [1.807, 2.05) is 0 Å². The number of rotatable bonds is 5. The van der Waals surface area contributed by atoms with Crippen molar-refractivity contribution in [3.63, 3.8) is 0 Å². The van der Waals surface area contributed by atoms with Crippen molar-refractivity contribution in [2.45, 2.75) is 13.8 Å². The number of amides is 1. The first-order chi connectivity index (χ1) is 6.44. The topological polar surface area (TPSA) is 67.4 Å². The maximum atomic E-state index is 11.2. The van der Waals surface area contributed by atoms with Crippen molar-refractivity contribution in [3.05, 3.63) is 0 Å². The summed E-state index contributed by atoms with van der Waals surface area (Å²) in [5.41, 5.74) is -0.608. The summed E-state index contributed by atoms with van der Waals surface area (Å²) in [6.07, 6.45) is 0. The fraction of sp³-hybridized carbons (Fsp3) is 0.778. The van der Waals surface area contributed by atoms with E-state index >= 15 is 0 Å². The third-order valence-electron chi connectivity index (χ3n) is 1.87. The van der Waals surface area contributed by atoms with Gasteiger partial charge in [0.15, 0.2) is 0 Å². The zero-order chi connectivity index (χ0) is 11.2. The van der Waals surface area contributed by atoms with E-state index in [1.165, 1.54) is 7.11 Å². The van der Waals surface area contributed by atoms with E-state index in [2.05, 4.69) is 15.4 Å². The van der Waals surface area contributed by atoms with Crippen molar-refractivity contribution in [2.24, 2.45) is 5.41 Å². The molecule has 0 radical (unpaired) electrons. The summed E-state index contributed by atoms with van der Waals surface area (Å²) >= 11 is 0. The van der Waals surface area contributed by atoms with Crippen LogP contribution in [0.15, 0.2) is 0 Å². The van der Waals surface area contributed by atoms with Gasteiger partial charge in [-0.2, -0.15) is 0 Å². The molecule has 0 aromatic carbocycles. The third-order valence-corrected chi connectivity index (χ3v) is 1.87. The Hall–Kier alpha value is -1.10. The molecule has 0 saturated heterocycles. The van der Waals surface area contributed by atoms with Crippen LogP contribution in [0.1, 0.15) is 13.8 Å². The molecule has 0 unspecified atom stereocenters. The Balaban J connectivity index is 3.88. The zero-order valence-electron chi connectivity index (χ0n) is 9.14. The maximum Gasteiger partial charge on any atom is 0.312 e. The lowest BCUT2D eigenvalue weighted by atomic mass is 9.94. The quantitative estimate of drug-likeness (QED) is 0.591. The Morgan fingerprint density at radius 3 is 2.36 bits per heavy atom. The Bertz CT molecular complexity index is 214. The average Bonchev–Trinajstić information content (AvgIpc) is 2.15. The monoisotopic (exact) mass is 202 g/mol. The first-order valence-corrected chi connectivity index (χ1v) is 4.43. The molecule has 5 nitrogen and oxygen atoms in total. The van der Waals surface area contributed by atoms with Crippen LogP contribution in [0.2, 0.25) is 0 Å². The van der Waals surface area contributed by atoms with Gasteiger partial charge in [0.05, 0.1) is 19.1 Å². The van der Waals surface area contributed by atoms with Crippen LogP contribution in [0.3, 0.4) is 0 Å². The smallest absolute Gasteiger partial charge is 0.312 e. The van der Waals surface area contributed by atoms with Crippen LogP contribution < -0.4 is 10.6 Å². The fourth-order valence-electron chi connectivity index (χ4n) is 0.925. The molecule has 0 aliphatic carbocycles. The molecule has 0 saturated carbocycles. The molecule has 0 aliphatic heterocycles. The molecule has 0 atom stereocenters. The molecule has 82 valence electrons. The molecule has 5 heteroatoms. The predicted octanol–water partition coefficient (Wildman–Crippen LogP) is -0.479. The number of hydrogen-bond donors (Lipinski definition) is 2. The molecule has 0 heterocycles. The number of hydrogen-bond acceptors (Lipinski definition) is 4. The number of esters is 1. The molecule has 14 heavy (non-hydrogen) atoms. The van der Waals surface area contributed by atoms with E-state index in [4.69, 9.17) is 0 Å². The number of nitrogens with one attached hydrogen (secondary N) is 2. The SMILES string of the molecule is CNC(=O)CNCC(C)(C)C(=O)OC. The van der Waals surface area contributed by atoms with E-state index in [-0.39, 0.29) is 18.4 Å². The van der Waals surface area contributed by atoms with Crippen molar-refractivity contribution in [1.29, 1.82) is 0 Å². The Labute approximate surface area is 84.2 Å². The highest BCUT2D eigenvalue weighted by atomic mass is 16.5. The second-order valence-corrected chi connectivity index (χ2v) is 3.65. The highest BCUT2D eigenvalue weighted by molar-refractivity contribution is 5.78. The standard InChI is InChI=1S/C9H18N2O3/c1-9(2,8(13)14-4)6-11-5-7(12)10-3/h11H,5-6H2,1-4H3,(H,10,12). The Morgan fingerprint density at radius 1 is 1.36 bits per heavy atom. The Morgan fingerprint density at radius 2 is 1.93 bits per heavy atom. The van der Waals surface area contributed by atoms with Gasteiger partial charge in [0.1, 0.15) is 0 Å². The number of carbonyl (C=O) groups excluding carboxylic acids is 2. The lowest BCUT2D eigenvalue weighted by Gasteiger charge is -2.21. The maximum absolute atomic E-state index is 11.2. The largest absolute Gasteiger partial charge is 0.469 e. The van der Waals surface area contributed by atoms with Crippen molar-refractivity contribution in [1.82, 2.24) is 10.6 Å². The minimum atomic E-state index is -0.608. The molecular formula is C9H18N2O3. The van der Waals surface area contributed by atoms with E-state index in [1.54, 1.807) is 20.9 Å². The van der Waals surface area contributed by atoms with E-state index in [0.717, 1.165) is 0 Å². The number of likely N-dealkylation sites (N-methyl/N-ethyl adjacent to an activating group) is 1. The van der Waals surface area contributed by atoms with Crippen molar-refractivity contribution in [3.8, 4) is 0 Å². The van der Waals surface area contributed by atoms with Crippen molar-refractivity contribution >= 4 is 11.9 Å². The van der Waals surface area contributed by atoms with Crippen molar-refractivity contribution in [2.75, 3.05) is 27.2 Å². The molecule has 0 fully saturated rings. The van der Waals surface area contributed by atoms with Crippen LogP contribution in [0.4, 0.5) is 0 Å². The van der Waals surface area contributed by atoms with Gasteiger partial charge in [-0.25, -0.2) is 0 Å². The van der Waals surface area contributed by atoms with E-state index in [9.17, 15) is 9.59 Å². The normalized spacial score (nSPS) is 10.9. The first kappa shape index (κ1) is 12.9. The molecule has 2 N–H and O–H groups in total. The second kappa shape index (κ2) is 5.59. The molecule has 0 aromatic rings. The molecule has 0 bridgehead atoms. The van der Waals surface area contributed by atoms with Crippen molar-refractivity contribution < 1.29 is 14.3 Å². The lowest BCUT2D eigenvalue weighted by molar-refractivity contribution is -0.150. The average molecular weight is 202 g/mol. The summed E-state index contributed by atoms with van der Waals surface area (Å²) < 4.78 is 4.62. The third kappa shape index (κ3) is 4.23. The summed E-state index contributed by atoms with van der Waals surface area (Å²) in [4.78, 5) is 22.1. The molecule has 0 aromatic heterocycles. The van der Waals surface area contributed by atoms with Gasteiger partial charge in [0.2, 0.25) is 5.91 Å². The van der Waals surface area contributed by atoms with Gasteiger partial charge in [0.25, 0.3) is 0 Å². The highest BCUT2D eigenvalue weighted by Crippen LogP contribution is 2.14. The highest BCUT2D eigenvalue weighted by Gasteiger charge is 2.28. The summed E-state index contributed by atoms with van der Waals surface area (Å²) in [5, 5.41) is 5.36. The molecule has 1 amide bonds. The number of ether oxygens (including phenoxy) is 1. The summed E-state index contributed by atoms with van der Waals surface area (Å²) in [6.45, 7) is 4.13. The first-order valence-electron chi connectivity index (χ1n) is 4.43. The Kier molecular flexibility index (Phi) is 5.15. The van der Waals surface area contributed by atoms with Crippen LogP contribution in [0.25, 0.3) is 0 Å².